The van der Waals surface area contributed by atoms with Crippen LogP contribution < -0.4 is 9.47 Å². The van der Waals surface area contributed by atoms with Crippen LogP contribution in [-0.4, -0.2) is 67.0 Å². The number of Topliss-reactive ketones (excluding diaryl/α,β-unsaturated/α-hetero) is 1. The first-order valence-corrected chi connectivity index (χ1v) is 10.7. The van der Waals surface area contributed by atoms with Crippen molar-refractivity contribution >= 4 is 17.4 Å². The maximum absolute atomic E-state index is 13.1. The summed E-state index contributed by atoms with van der Waals surface area (Å²) >= 11 is 0. The van der Waals surface area contributed by atoms with E-state index < -0.39 is 17.7 Å². The molecule has 1 N–H and O–H groups in total. The van der Waals surface area contributed by atoms with Gasteiger partial charge in [-0.05, 0) is 25.2 Å². The first-order valence-electron chi connectivity index (χ1n) is 10.7. The van der Waals surface area contributed by atoms with Crippen LogP contribution in [0.5, 0.6) is 11.5 Å². The number of ether oxygens (including phenoxy) is 2. The molecule has 0 unspecified atom stereocenters. The summed E-state index contributed by atoms with van der Waals surface area (Å²) in [7, 11) is 3.08. The number of benzene rings is 2. The topological polar surface area (TPSA) is 79.3 Å². The highest BCUT2D eigenvalue weighted by molar-refractivity contribution is 6.46. The second kappa shape index (κ2) is 10.3. The zero-order valence-corrected chi connectivity index (χ0v) is 19.0. The summed E-state index contributed by atoms with van der Waals surface area (Å²) in [6, 6.07) is 13.3. The smallest absolute Gasteiger partial charge is 0.295 e. The van der Waals surface area contributed by atoms with E-state index in [0.717, 1.165) is 13.1 Å². The third-order valence-corrected chi connectivity index (χ3v) is 5.87. The molecule has 7 heteroatoms. The van der Waals surface area contributed by atoms with Gasteiger partial charge < -0.3 is 24.4 Å². The van der Waals surface area contributed by atoms with Gasteiger partial charge >= 0.3 is 0 Å². The van der Waals surface area contributed by atoms with Gasteiger partial charge in [0.2, 0.25) is 0 Å². The molecule has 1 aliphatic heterocycles. The van der Waals surface area contributed by atoms with Crippen molar-refractivity contribution in [2.24, 2.45) is 0 Å². The number of likely N-dealkylation sites (tertiary alicyclic amines) is 1. The fourth-order valence-electron chi connectivity index (χ4n) is 4.02. The Hall–Kier alpha value is -3.32. The van der Waals surface area contributed by atoms with Crippen molar-refractivity contribution in [2.45, 2.75) is 19.9 Å². The number of rotatable bonds is 9. The fraction of sp³-hybridized carbons (Fsp3) is 0.360. The zero-order chi connectivity index (χ0) is 23.3. The van der Waals surface area contributed by atoms with Crippen LogP contribution in [0.25, 0.3) is 5.76 Å². The maximum Gasteiger partial charge on any atom is 0.295 e. The summed E-state index contributed by atoms with van der Waals surface area (Å²) in [6.07, 6.45) is 0. The minimum atomic E-state index is -0.772. The zero-order valence-electron chi connectivity index (χ0n) is 19.0. The average Bonchev–Trinajstić information content (AvgIpc) is 3.09. The van der Waals surface area contributed by atoms with Gasteiger partial charge in [0.05, 0.1) is 25.8 Å². The quantitative estimate of drug-likeness (QED) is 0.367. The lowest BCUT2D eigenvalue weighted by Crippen LogP contribution is -2.38. The molecule has 1 saturated heterocycles. The van der Waals surface area contributed by atoms with Gasteiger partial charge in [-0.25, -0.2) is 0 Å². The van der Waals surface area contributed by atoms with E-state index in [4.69, 9.17) is 9.47 Å². The Morgan fingerprint density at radius 2 is 1.72 bits per heavy atom. The van der Waals surface area contributed by atoms with Crippen LogP contribution in [0.3, 0.4) is 0 Å². The third kappa shape index (κ3) is 4.48. The van der Waals surface area contributed by atoms with Crippen molar-refractivity contribution < 1.29 is 24.2 Å². The number of methoxy groups -OCH3 is 2. The lowest BCUT2D eigenvalue weighted by molar-refractivity contribution is -0.140. The fourth-order valence-corrected chi connectivity index (χ4v) is 4.02. The summed E-state index contributed by atoms with van der Waals surface area (Å²) in [4.78, 5) is 29.9. The molecule has 0 spiro atoms. The predicted octanol–water partition coefficient (Wildman–Crippen LogP) is 3.47. The molecule has 3 rings (SSSR count). The van der Waals surface area contributed by atoms with Crippen molar-refractivity contribution in [1.82, 2.24) is 9.80 Å². The van der Waals surface area contributed by atoms with E-state index in [1.807, 2.05) is 6.07 Å². The van der Waals surface area contributed by atoms with Crippen LogP contribution in [0.4, 0.5) is 0 Å². The Balaban J connectivity index is 2.16. The molecule has 2 aromatic carbocycles. The molecule has 170 valence electrons. The molecule has 2 aromatic rings. The Morgan fingerprint density at radius 3 is 2.31 bits per heavy atom. The van der Waals surface area contributed by atoms with Gasteiger partial charge in [0.1, 0.15) is 17.3 Å². The van der Waals surface area contributed by atoms with Gasteiger partial charge in [-0.3, -0.25) is 9.59 Å². The molecule has 0 saturated carbocycles. The van der Waals surface area contributed by atoms with Crippen molar-refractivity contribution in [3.05, 3.63) is 65.2 Å². The van der Waals surface area contributed by atoms with Gasteiger partial charge in [0, 0.05) is 30.3 Å². The molecule has 1 heterocycles. The monoisotopic (exact) mass is 438 g/mol. The molecule has 1 aliphatic rings. The van der Waals surface area contributed by atoms with Crippen LogP contribution in [-0.2, 0) is 9.59 Å². The van der Waals surface area contributed by atoms with Gasteiger partial charge in [-0.2, -0.15) is 0 Å². The van der Waals surface area contributed by atoms with Crippen molar-refractivity contribution in [2.75, 3.05) is 40.4 Å². The number of nitrogens with zero attached hydrogens (tertiary/aromatic N) is 2. The molecule has 32 heavy (non-hydrogen) atoms. The number of carbonyl (C=O) groups is 2. The van der Waals surface area contributed by atoms with E-state index in [1.54, 1.807) is 49.6 Å². The number of aliphatic hydroxyl groups is 1. The second-order valence-corrected chi connectivity index (χ2v) is 7.49. The van der Waals surface area contributed by atoms with Crippen molar-refractivity contribution in [3.8, 4) is 11.5 Å². The largest absolute Gasteiger partial charge is 0.507 e. The third-order valence-electron chi connectivity index (χ3n) is 5.87. The number of hydrogen-bond donors (Lipinski definition) is 1. The number of carbonyl (C=O) groups excluding carboxylic acids is 2. The Morgan fingerprint density at radius 1 is 1.03 bits per heavy atom. The van der Waals surface area contributed by atoms with Crippen molar-refractivity contribution in [1.29, 1.82) is 0 Å². The van der Waals surface area contributed by atoms with E-state index in [2.05, 4.69) is 18.7 Å². The van der Waals surface area contributed by atoms with E-state index in [9.17, 15) is 14.7 Å². The number of amides is 1. The first kappa shape index (κ1) is 23.3. The molecular formula is C25H30N2O5. The average molecular weight is 439 g/mol. The van der Waals surface area contributed by atoms with E-state index in [1.165, 1.54) is 12.0 Å². The van der Waals surface area contributed by atoms with Crippen LogP contribution in [0.1, 0.15) is 31.0 Å². The van der Waals surface area contributed by atoms with Crippen LogP contribution >= 0.6 is 0 Å². The second-order valence-electron chi connectivity index (χ2n) is 7.49. The van der Waals surface area contributed by atoms with Crippen molar-refractivity contribution in [3.63, 3.8) is 0 Å². The normalized spacial score (nSPS) is 17.8. The molecule has 0 aliphatic carbocycles. The molecule has 0 radical (unpaired) electrons. The summed E-state index contributed by atoms with van der Waals surface area (Å²) in [6.45, 7) is 6.73. The van der Waals surface area contributed by atoms with Crippen LogP contribution in [0.15, 0.2) is 54.1 Å². The van der Waals surface area contributed by atoms with Gasteiger partial charge in [0.15, 0.2) is 0 Å². The first-order chi connectivity index (χ1) is 15.5. The van der Waals surface area contributed by atoms with Crippen LogP contribution in [0, 0.1) is 0 Å². The highest BCUT2D eigenvalue weighted by Gasteiger charge is 2.47. The Kier molecular flexibility index (Phi) is 7.53. The molecule has 1 amide bonds. The SMILES string of the molecule is CCN(CC)CCN1C(=O)C(=O)C(=C(O)c2ccccc2)[C@@H]1c1ccc(OC)cc1OC. The summed E-state index contributed by atoms with van der Waals surface area (Å²) < 4.78 is 10.9. The summed E-state index contributed by atoms with van der Waals surface area (Å²) in [5, 5.41) is 11.1. The number of hydrogen-bond acceptors (Lipinski definition) is 6. The molecule has 1 fully saturated rings. The van der Waals surface area contributed by atoms with E-state index in [-0.39, 0.29) is 11.3 Å². The number of aliphatic hydroxyl groups excluding tert-OH is 1. The molecule has 1 atom stereocenters. The summed E-state index contributed by atoms with van der Waals surface area (Å²) in [5.41, 5.74) is 1.15. The van der Waals surface area contributed by atoms with Gasteiger partial charge in [-0.1, -0.05) is 44.2 Å². The van der Waals surface area contributed by atoms with E-state index in [0.29, 0.717) is 35.7 Å². The minimum absolute atomic E-state index is 0.0595. The molecule has 7 nitrogen and oxygen atoms in total. The highest BCUT2D eigenvalue weighted by Crippen LogP contribution is 2.43. The standard InChI is InChI=1S/C25H30N2O5/c1-5-26(6-2)14-15-27-22(19-13-12-18(31-3)16-20(19)32-4)21(24(29)25(27)30)23(28)17-10-8-7-9-11-17/h7-13,16,22,28H,5-6,14-15H2,1-4H3/t22-/m0/s1. The molecule has 0 bridgehead atoms. The number of likely N-dealkylation sites (N-methyl/N-ethyl adjacent to an activating group) is 1. The minimum Gasteiger partial charge on any atom is -0.507 e. The Labute approximate surface area is 188 Å². The van der Waals surface area contributed by atoms with E-state index >= 15 is 0 Å². The lowest BCUT2D eigenvalue weighted by Gasteiger charge is -2.29. The predicted molar refractivity (Wildman–Crippen MR) is 123 cm³/mol. The molecule has 0 aromatic heterocycles. The Bertz CT molecular complexity index is 999. The lowest BCUT2D eigenvalue weighted by atomic mass is 9.94. The highest BCUT2D eigenvalue weighted by atomic mass is 16.5. The number of ketones is 1. The van der Waals surface area contributed by atoms with Gasteiger partial charge in [0.25, 0.3) is 11.7 Å². The maximum atomic E-state index is 13.1. The molecular weight excluding hydrogens is 408 g/mol. The van der Waals surface area contributed by atoms with Crippen LogP contribution in [0.2, 0.25) is 0 Å². The summed E-state index contributed by atoms with van der Waals surface area (Å²) in [5.74, 6) is -0.458. The van der Waals surface area contributed by atoms with Gasteiger partial charge in [-0.15, -0.1) is 0 Å².